The highest BCUT2D eigenvalue weighted by atomic mass is 79.9. The lowest BCUT2D eigenvalue weighted by atomic mass is 10.3. The number of phenols is 1. The molecule has 1 aromatic rings. The van der Waals surface area contributed by atoms with E-state index in [4.69, 9.17) is 16.3 Å². The number of amides is 1. The lowest BCUT2D eigenvalue weighted by Gasteiger charge is -2.09. The topological polar surface area (TPSA) is 58.6 Å². The maximum absolute atomic E-state index is 11.4. The van der Waals surface area contributed by atoms with Crippen molar-refractivity contribution >= 4 is 39.1 Å². The van der Waals surface area contributed by atoms with Crippen molar-refractivity contribution in [2.24, 2.45) is 0 Å². The zero-order valence-corrected chi connectivity index (χ0v) is 10.9. The number of phenolic OH excluding ortho intramolecular Hbond substituents is 1. The van der Waals surface area contributed by atoms with Gasteiger partial charge in [0.25, 0.3) is 0 Å². The monoisotopic (exact) mass is 307 g/mol. The van der Waals surface area contributed by atoms with Gasteiger partial charge in [0.05, 0.1) is 23.2 Å². The molecule has 0 bridgehead atoms. The van der Waals surface area contributed by atoms with E-state index in [-0.39, 0.29) is 23.8 Å². The van der Waals surface area contributed by atoms with E-state index in [0.717, 1.165) is 0 Å². The molecular formula is C10H11BrClNO3. The Labute approximate surface area is 107 Å². The Hall–Kier alpha value is -0.780. The van der Waals surface area contributed by atoms with E-state index in [1.165, 1.54) is 13.2 Å². The summed E-state index contributed by atoms with van der Waals surface area (Å²) < 4.78 is 5.20. The van der Waals surface area contributed by atoms with Crippen molar-refractivity contribution in [1.29, 1.82) is 0 Å². The van der Waals surface area contributed by atoms with Crippen LogP contribution in [0, 0.1) is 0 Å². The molecule has 2 N–H and O–H groups in total. The van der Waals surface area contributed by atoms with E-state index < -0.39 is 0 Å². The maximum atomic E-state index is 11.4. The molecule has 4 nitrogen and oxygen atoms in total. The molecule has 0 spiro atoms. The molecule has 0 aromatic heterocycles. The highest BCUT2D eigenvalue weighted by molar-refractivity contribution is 9.10. The molecule has 0 aliphatic carbocycles. The predicted octanol–water partition coefficient (Wildman–Crippen LogP) is 2.78. The van der Waals surface area contributed by atoms with Gasteiger partial charge in [0.15, 0.2) is 5.75 Å². The van der Waals surface area contributed by atoms with Crippen LogP contribution in [-0.2, 0) is 9.53 Å². The number of hydrogen-bond acceptors (Lipinski definition) is 3. The third-order valence-electron chi connectivity index (χ3n) is 1.84. The van der Waals surface area contributed by atoms with Gasteiger partial charge in [-0.2, -0.15) is 0 Å². The van der Waals surface area contributed by atoms with Crippen molar-refractivity contribution in [3.05, 3.63) is 21.6 Å². The molecule has 0 heterocycles. The van der Waals surface area contributed by atoms with Gasteiger partial charge >= 0.3 is 0 Å². The standard InChI is InChI=1S/C10H11BrClNO3/c1-16-3-2-9(14)13-8-5-6(12)4-7(11)10(8)15/h4-5,15H,2-3H2,1H3,(H,13,14). The molecule has 6 heteroatoms. The fourth-order valence-corrected chi connectivity index (χ4v) is 1.88. The van der Waals surface area contributed by atoms with E-state index >= 15 is 0 Å². The second kappa shape index (κ2) is 6.08. The minimum Gasteiger partial charge on any atom is -0.505 e. The molecule has 0 radical (unpaired) electrons. The molecule has 16 heavy (non-hydrogen) atoms. The zero-order valence-electron chi connectivity index (χ0n) is 8.59. The Morgan fingerprint density at radius 2 is 2.31 bits per heavy atom. The molecule has 1 amide bonds. The Kier molecular flexibility index (Phi) is 5.05. The van der Waals surface area contributed by atoms with Crippen molar-refractivity contribution in [3.8, 4) is 5.75 Å². The second-order valence-corrected chi connectivity index (χ2v) is 4.37. The number of halogens is 2. The molecule has 0 aliphatic heterocycles. The van der Waals surface area contributed by atoms with Gasteiger partial charge in [-0.3, -0.25) is 4.79 Å². The lowest BCUT2D eigenvalue weighted by molar-refractivity contribution is -0.117. The maximum Gasteiger partial charge on any atom is 0.226 e. The number of methoxy groups -OCH3 is 1. The van der Waals surface area contributed by atoms with Crippen molar-refractivity contribution in [1.82, 2.24) is 0 Å². The molecule has 0 unspecified atom stereocenters. The van der Waals surface area contributed by atoms with Gasteiger partial charge in [0.2, 0.25) is 5.91 Å². The van der Waals surface area contributed by atoms with Gasteiger partial charge < -0.3 is 15.2 Å². The van der Waals surface area contributed by atoms with E-state index in [2.05, 4.69) is 21.2 Å². The van der Waals surface area contributed by atoms with Crippen LogP contribution in [-0.4, -0.2) is 24.7 Å². The minimum absolute atomic E-state index is 0.0461. The molecule has 0 atom stereocenters. The summed E-state index contributed by atoms with van der Waals surface area (Å²) in [5.74, 6) is -0.290. The molecule has 0 aliphatic rings. The number of ether oxygens (including phenoxy) is 1. The van der Waals surface area contributed by atoms with Crippen LogP contribution in [0.3, 0.4) is 0 Å². The van der Waals surface area contributed by atoms with Crippen molar-refractivity contribution in [2.75, 3.05) is 19.0 Å². The third kappa shape index (κ3) is 3.66. The average Bonchev–Trinajstić information content (AvgIpc) is 2.22. The van der Waals surface area contributed by atoms with Crippen molar-refractivity contribution in [3.63, 3.8) is 0 Å². The summed E-state index contributed by atoms with van der Waals surface area (Å²) in [6.07, 6.45) is 0.222. The highest BCUT2D eigenvalue weighted by Gasteiger charge is 2.10. The Bertz CT molecular complexity index is 398. The van der Waals surface area contributed by atoms with Crippen LogP contribution >= 0.6 is 27.5 Å². The number of aromatic hydroxyl groups is 1. The Balaban J connectivity index is 2.77. The minimum atomic E-state index is -0.244. The van der Waals surface area contributed by atoms with Gasteiger partial charge in [0, 0.05) is 12.1 Å². The van der Waals surface area contributed by atoms with Crippen molar-refractivity contribution in [2.45, 2.75) is 6.42 Å². The third-order valence-corrected chi connectivity index (χ3v) is 2.66. The van der Waals surface area contributed by atoms with Crippen LogP contribution in [0.15, 0.2) is 16.6 Å². The summed E-state index contributed by atoms with van der Waals surface area (Å²) in [7, 11) is 1.51. The number of hydrogen-bond donors (Lipinski definition) is 2. The van der Waals surface area contributed by atoms with Gasteiger partial charge in [-0.1, -0.05) is 11.6 Å². The summed E-state index contributed by atoms with van der Waals surface area (Å²) in [5.41, 5.74) is 0.278. The van der Waals surface area contributed by atoms with E-state index in [9.17, 15) is 9.90 Å². The molecule has 0 saturated heterocycles. The summed E-state index contributed by atoms with van der Waals surface area (Å²) in [6.45, 7) is 0.328. The smallest absolute Gasteiger partial charge is 0.226 e. The largest absolute Gasteiger partial charge is 0.505 e. The van der Waals surface area contributed by atoms with Crippen LogP contribution in [0.2, 0.25) is 5.02 Å². The number of carbonyl (C=O) groups excluding carboxylic acids is 1. The van der Waals surface area contributed by atoms with Crippen LogP contribution in [0.1, 0.15) is 6.42 Å². The first-order valence-corrected chi connectivity index (χ1v) is 5.68. The zero-order chi connectivity index (χ0) is 12.1. The average molecular weight is 309 g/mol. The summed E-state index contributed by atoms with van der Waals surface area (Å²) >= 11 is 8.92. The normalized spacial score (nSPS) is 10.2. The summed E-state index contributed by atoms with van der Waals surface area (Å²) in [4.78, 5) is 11.4. The molecule has 88 valence electrons. The SMILES string of the molecule is COCCC(=O)Nc1cc(Cl)cc(Br)c1O. The highest BCUT2D eigenvalue weighted by Crippen LogP contribution is 2.35. The van der Waals surface area contributed by atoms with E-state index in [0.29, 0.717) is 16.1 Å². The van der Waals surface area contributed by atoms with Crippen LogP contribution in [0.4, 0.5) is 5.69 Å². The molecule has 0 saturated carbocycles. The molecule has 1 rings (SSSR count). The number of rotatable bonds is 4. The van der Waals surface area contributed by atoms with E-state index in [1.807, 2.05) is 0 Å². The number of benzene rings is 1. The fourth-order valence-electron chi connectivity index (χ4n) is 1.07. The van der Waals surface area contributed by atoms with Gasteiger partial charge in [-0.05, 0) is 28.1 Å². The number of carbonyl (C=O) groups is 1. The summed E-state index contributed by atoms with van der Waals surface area (Å²) in [5, 5.41) is 12.6. The lowest BCUT2D eigenvalue weighted by Crippen LogP contribution is -2.13. The van der Waals surface area contributed by atoms with Gasteiger partial charge in [-0.15, -0.1) is 0 Å². The molecular weight excluding hydrogens is 297 g/mol. The first-order valence-electron chi connectivity index (χ1n) is 4.51. The van der Waals surface area contributed by atoms with Crippen LogP contribution in [0.25, 0.3) is 0 Å². The fraction of sp³-hybridized carbons (Fsp3) is 0.300. The van der Waals surface area contributed by atoms with Gasteiger partial charge in [0.1, 0.15) is 0 Å². The number of nitrogens with one attached hydrogen (secondary N) is 1. The van der Waals surface area contributed by atoms with Crippen molar-refractivity contribution < 1.29 is 14.6 Å². The Morgan fingerprint density at radius 3 is 2.94 bits per heavy atom. The first-order chi connectivity index (χ1) is 7.54. The van der Waals surface area contributed by atoms with Crippen LogP contribution in [0.5, 0.6) is 5.75 Å². The van der Waals surface area contributed by atoms with Crippen LogP contribution < -0.4 is 5.32 Å². The Morgan fingerprint density at radius 1 is 1.62 bits per heavy atom. The summed E-state index contributed by atoms with van der Waals surface area (Å²) in [6, 6.07) is 3.02. The quantitative estimate of drug-likeness (QED) is 0.841. The predicted molar refractivity (Wildman–Crippen MR) is 65.9 cm³/mol. The van der Waals surface area contributed by atoms with E-state index in [1.54, 1.807) is 6.07 Å². The number of anilines is 1. The molecule has 1 aromatic carbocycles. The first kappa shape index (κ1) is 13.3. The second-order valence-electron chi connectivity index (χ2n) is 3.07. The van der Waals surface area contributed by atoms with Gasteiger partial charge in [-0.25, -0.2) is 0 Å². The molecule has 0 fully saturated rings.